The molecule has 0 bridgehead atoms. The number of nitrogens with one attached hydrogen (secondary N) is 1. The van der Waals surface area contributed by atoms with Gasteiger partial charge in [0.2, 0.25) is 0 Å². The smallest absolute Gasteiger partial charge is 0.165 e. The molecule has 0 saturated carbocycles. The van der Waals surface area contributed by atoms with Crippen LogP contribution in [0.5, 0.6) is 11.5 Å². The van der Waals surface area contributed by atoms with Crippen molar-refractivity contribution >= 4 is 0 Å². The Labute approximate surface area is 119 Å². The summed E-state index contributed by atoms with van der Waals surface area (Å²) < 4.78 is 18.8. The van der Waals surface area contributed by atoms with Crippen LogP contribution in [0.3, 0.4) is 0 Å². The van der Waals surface area contributed by atoms with E-state index in [1.165, 1.54) is 32.1 Å². The van der Waals surface area contributed by atoms with E-state index in [0.29, 0.717) is 11.6 Å². The standard InChI is InChI=1S/C15H23FN2O2/c1-10(17-9-11-5-4-8-18(11)2)14-13(19)7-6-12(16)15(14)20-3/h6-7,10-11,17,19H,4-5,8-9H2,1-3H3. The molecule has 112 valence electrons. The van der Waals surface area contributed by atoms with Crippen molar-refractivity contribution in [2.75, 3.05) is 27.2 Å². The van der Waals surface area contributed by atoms with Crippen molar-refractivity contribution < 1.29 is 14.2 Å². The van der Waals surface area contributed by atoms with E-state index in [1.807, 2.05) is 6.92 Å². The molecule has 0 radical (unpaired) electrons. The van der Waals surface area contributed by atoms with Gasteiger partial charge in [-0.15, -0.1) is 0 Å². The predicted molar refractivity (Wildman–Crippen MR) is 76.7 cm³/mol. The van der Waals surface area contributed by atoms with E-state index < -0.39 is 5.82 Å². The van der Waals surface area contributed by atoms with Crippen LogP contribution in [0.2, 0.25) is 0 Å². The third kappa shape index (κ3) is 3.04. The third-order valence-corrected chi connectivity index (χ3v) is 4.09. The number of methoxy groups -OCH3 is 1. The first kappa shape index (κ1) is 15.1. The van der Waals surface area contributed by atoms with Crippen LogP contribution < -0.4 is 10.1 Å². The SMILES string of the molecule is COc1c(F)ccc(O)c1C(C)NCC1CCCN1C. The Hall–Kier alpha value is -1.33. The first-order chi connectivity index (χ1) is 9.54. The fraction of sp³-hybridized carbons (Fsp3) is 0.600. The highest BCUT2D eigenvalue weighted by molar-refractivity contribution is 5.46. The van der Waals surface area contributed by atoms with Gasteiger partial charge in [0.05, 0.1) is 12.7 Å². The van der Waals surface area contributed by atoms with Crippen molar-refractivity contribution in [1.29, 1.82) is 0 Å². The van der Waals surface area contributed by atoms with Gasteiger partial charge < -0.3 is 20.1 Å². The lowest BCUT2D eigenvalue weighted by atomic mass is 10.0. The third-order valence-electron chi connectivity index (χ3n) is 4.09. The van der Waals surface area contributed by atoms with E-state index in [1.54, 1.807) is 0 Å². The van der Waals surface area contributed by atoms with E-state index in [-0.39, 0.29) is 17.5 Å². The topological polar surface area (TPSA) is 44.7 Å². The fourth-order valence-corrected chi connectivity index (χ4v) is 2.84. The lowest BCUT2D eigenvalue weighted by Crippen LogP contribution is -2.36. The zero-order valence-corrected chi connectivity index (χ0v) is 12.3. The minimum absolute atomic E-state index is 0.0584. The molecule has 1 fully saturated rings. The van der Waals surface area contributed by atoms with Crippen LogP contribution in [-0.4, -0.2) is 43.3 Å². The van der Waals surface area contributed by atoms with Gasteiger partial charge in [-0.05, 0) is 45.5 Å². The monoisotopic (exact) mass is 282 g/mol. The largest absolute Gasteiger partial charge is 0.507 e. The lowest BCUT2D eigenvalue weighted by molar-refractivity contribution is 0.290. The van der Waals surface area contributed by atoms with E-state index in [0.717, 1.165) is 13.1 Å². The number of ether oxygens (including phenoxy) is 1. The Morgan fingerprint density at radius 2 is 2.30 bits per heavy atom. The molecule has 1 heterocycles. The van der Waals surface area contributed by atoms with Gasteiger partial charge in [0, 0.05) is 18.6 Å². The Balaban J connectivity index is 2.08. The summed E-state index contributed by atoms with van der Waals surface area (Å²) in [5.41, 5.74) is 0.480. The minimum Gasteiger partial charge on any atom is -0.507 e. The zero-order valence-electron chi connectivity index (χ0n) is 12.3. The summed E-state index contributed by atoms with van der Waals surface area (Å²) in [6.07, 6.45) is 2.38. The molecule has 1 aromatic rings. The molecule has 0 aromatic heterocycles. The second-order valence-corrected chi connectivity index (χ2v) is 5.42. The second-order valence-electron chi connectivity index (χ2n) is 5.42. The van der Waals surface area contributed by atoms with Gasteiger partial charge in [-0.3, -0.25) is 0 Å². The summed E-state index contributed by atoms with van der Waals surface area (Å²) in [4.78, 5) is 2.32. The molecule has 2 unspecified atom stereocenters. The highest BCUT2D eigenvalue weighted by atomic mass is 19.1. The first-order valence-electron chi connectivity index (χ1n) is 7.03. The fourth-order valence-electron chi connectivity index (χ4n) is 2.84. The predicted octanol–water partition coefficient (Wildman–Crippen LogP) is 2.28. The molecule has 1 saturated heterocycles. The molecule has 0 amide bonds. The summed E-state index contributed by atoms with van der Waals surface area (Å²) in [6, 6.07) is 2.91. The van der Waals surface area contributed by atoms with Gasteiger partial charge in [0.25, 0.3) is 0 Å². The van der Waals surface area contributed by atoms with Crippen LogP contribution in [0.25, 0.3) is 0 Å². The van der Waals surface area contributed by atoms with Crippen LogP contribution in [0.4, 0.5) is 4.39 Å². The van der Waals surface area contributed by atoms with E-state index in [9.17, 15) is 9.50 Å². The molecule has 2 N–H and O–H groups in total. The number of rotatable bonds is 5. The average Bonchev–Trinajstić information content (AvgIpc) is 2.83. The zero-order chi connectivity index (χ0) is 14.7. The van der Waals surface area contributed by atoms with Crippen LogP contribution in [0.1, 0.15) is 31.4 Å². The van der Waals surface area contributed by atoms with Crippen molar-refractivity contribution in [3.8, 4) is 11.5 Å². The number of nitrogens with zero attached hydrogens (tertiary/aromatic N) is 1. The molecule has 2 rings (SSSR count). The first-order valence-corrected chi connectivity index (χ1v) is 7.03. The summed E-state index contributed by atoms with van der Waals surface area (Å²) in [6.45, 7) is 3.85. The number of benzene rings is 1. The number of phenols is 1. The lowest BCUT2D eigenvalue weighted by Gasteiger charge is -2.24. The normalized spacial score (nSPS) is 21.1. The van der Waals surface area contributed by atoms with E-state index in [4.69, 9.17) is 4.74 Å². The molecule has 1 aliphatic rings. The van der Waals surface area contributed by atoms with Crippen LogP contribution in [0, 0.1) is 5.82 Å². The summed E-state index contributed by atoms with van der Waals surface area (Å²) in [5.74, 6) is -0.278. The summed E-state index contributed by atoms with van der Waals surface area (Å²) >= 11 is 0. The van der Waals surface area contributed by atoms with Crippen molar-refractivity contribution in [3.63, 3.8) is 0 Å². The van der Waals surface area contributed by atoms with Crippen molar-refractivity contribution in [1.82, 2.24) is 10.2 Å². The molecule has 20 heavy (non-hydrogen) atoms. The summed E-state index contributed by atoms with van der Waals surface area (Å²) in [5, 5.41) is 13.3. The highest BCUT2D eigenvalue weighted by Gasteiger charge is 2.24. The van der Waals surface area contributed by atoms with Crippen LogP contribution in [0.15, 0.2) is 12.1 Å². The Morgan fingerprint density at radius 3 is 2.90 bits per heavy atom. The molecular weight excluding hydrogens is 259 g/mol. The molecule has 4 nitrogen and oxygen atoms in total. The molecule has 5 heteroatoms. The molecule has 1 aliphatic heterocycles. The van der Waals surface area contributed by atoms with Gasteiger partial charge in [0.1, 0.15) is 5.75 Å². The van der Waals surface area contributed by atoms with Crippen LogP contribution in [-0.2, 0) is 0 Å². The van der Waals surface area contributed by atoms with Gasteiger partial charge in [-0.25, -0.2) is 4.39 Å². The molecule has 2 atom stereocenters. The molecule has 0 aliphatic carbocycles. The van der Waals surface area contributed by atoms with Gasteiger partial charge in [0.15, 0.2) is 11.6 Å². The highest BCUT2D eigenvalue weighted by Crippen LogP contribution is 2.35. The molecule has 1 aromatic carbocycles. The summed E-state index contributed by atoms with van der Waals surface area (Å²) in [7, 11) is 3.53. The maximum atomic E-state index is 13.7. The number of hydrogen-bond donors (Lipinski definition) is 2. The number of halogens is 1. The Bertz CT molecular complexity index is 467. The maximum absolute atomic E-state index is 13.7. The number of aromatic hydroxyl groups is 1. The van der Waals surface area contributed by atoms with E-state index >= 15 is 0 Å². The number of likely N-dealkylation sites (tertiary alicyclic amines) is 1. The van der Waals surface area contributed by atoms with Crippen molar-refractivity contribution in [2.45, 2.75) is 31.8 Å². The average molecular weight is 282 g/mol. The minimum atomic E-state index is -0.452. The number of likely N-dealkylation sites (N-methyl/N-ethyl adjacent to an activating group) is 1. The van der Waals surface area contributed by atoms with Gasteiger partial charge in [-0.1, -0.05) is 0 Å². The quantitative estimate of drug-likeness (QED) is 0.869. The second kappa shape index (κ2) is 6.41. The van der Waals surface area contributed by atoms with E-state index in [2.05, 4.69) is 17.3 Å². The Morgan fingerprint density at radius 1 is 1.55 bits per heavy atom. The van der Waals surface area contributed by atoms with Crippen LogP contribution >= 0.6 is 0 Å². The number of hydrogen-bond acceptors (Lipinski definition) is 4. The van der Waals surface area contributed by atoms with Gasteiger partial charge in [-0.2, -0.15) is 0 Å². The Kier molecular flexibility index (Phi) is 4.83. The van der Waals surface area contributed by atoms with Crippen molar-refractivity contribution in [2.24, 2.45) is 0 Å². The molecular formula is C15H23FN2O2. The van der Waals surface area contributed by atoms with Gasteiger partial charge >= 0.3 is 0 Å². The number of phenolic OH excluding ortho intramolecular Hbond substituents is 1. The maximum Gasteiger partial charge on any atom is 0.165 e. The molecule has 0 spiro atoms. The van der Waals surface area contributed by atoms with Crippen molar-refractivity contribution in [3.05, 3.63) is 23.5 Å².